The minimum absolute atomic E-state index is 0.116. The van der Waals surface area contributed by atoms with E-state index >= 15 is 0 Å². The van der Waals surface area contributed by atoms with E-state index in [1.54, 1.807) is 11.9 Å². The van der Waals surface area contributed by atoms with Crippen molar-refractivity contribution in [1.29, 1.82) is 0 Å². The largest absolute Gasteiger partial charge is 0.390 e. The first-order valence-corrected chi connectivity index (χ1v) is 14.7. The van der Waals surface area contributed by atoms with Crippen LogP contribution in [0, 0.1) is 11.3 Å². The summed E-state index contributed by atoms with van der Waals surface area (Å²) in [6.45, 7) is 11.3. The third kappa shape index (κ3) is 11.6. The third-order valence-corrected chi connectivity index (χ3v) is 7.55. The van der Waals surface area contributed by atoms with E-state index in [4.69, 9.17) is 0 Å². The molecule has 0 aliphatic rings. The SMILES string of the molecule is CC(C)CCN(C[C@@H](O)[C@H](Cc1ccccc1)NC(=O)[C@@H](NC(=O)CBr)C(C)(C)C)Sc1ccccc1. The van der Waals surface area contributed by atoms with E-state index < -0.39 is 23.6 Å². The van der Waals surface area contributed by atoms with E-state index in [2.05, 4.69) is 56.8 Å². The highest BCUT2D eigenvalue weighted by atomic mass is 79.9. The van der Waals surface area contributed by atoms with Gasteiger partial charge in [0.1, 0.15) is 6.04 Å². The highest BCUT2D eigenvalue weighted by Crippen LogP contribution is 2.25. The van der Waals surface area contributed by atoms with Gasteiger partial charge in [-0.15, -0.1) is 0 Å². The van der Waals surface area contributed by atoms with Crippen LogP contribution in [0.3, 0.4) is 0 Å². The molecule has 2 rings (SSSR count). The van der Waals surface area contributed by atoms with Crippen LogP contribution in [0.15, 0.2) is 65.6 Å². The number of nitrogens with one attached hydrogen (secondary N) is 2. The Balaban J connectivity index is 2.25. The van der Waals surface area contributed by atoms with Crippen LogP contribution in [0.25, 0.3) is 0 Å². The zero-order valence-corrected chi connectivity index (χ0v) is 25.0. The Bertz CT molecular complexity index is 954. The van der Waals surface area contributed by atoms with E-state index in [1.165, 1.54) is 0 Å². The quantitative estimate of drug-likeness (QED) is 0.211. The Morgan fingerprint density at radius 3 is 2.14 bits per heavy atom. The van der Waals surface area contributed by atoms with E-state index in [0.29, 0.717) is 18.9 Å². The fourth-order valence-electron chi connectivity index (χ4n) is 3.83. The van der Waals surface area contributed by atoms with E-state index in [0.717, 1.165) is 23.4 Å². The van der Waals surface area contributed by atoms with Gasteiger partial charge in [0.05, 0.1) is 17.5 Å². The Labute approximate surface area is 235 Å². The Morgan fingerprint density at radius 2 is 1.59 bits per heavy atom. The van der Waals surface area contributed by atoms with Crippen LogP contribution in [0.5, 0.6) is 0 Å². The van der Waals surface area contributed by atoms with Gasteiger partial charge in [-0.05, 0) is 53.8 Å². The first kappa shape index (κ1) is 31.3. The number of hydrogen-bond donors (Lipinski definition) is 3. The monoisotopic (exact) mass is 591 g/mol. The molecule has 0 aliphatic carbocycles. The lowest BCUT2D eigenvalue weighted by Crippen LogP contribution is -2.58. The molecule has 0 saturated heterocycles. The first-order valence-electron chi connectivity index (χ1n) is 12.8. The second-order valence-electron chi connectivity index (χ2n) is 10.8. The molecular weight excluding hydrogens is 550 g/mol. The zero-order valence-electron chi connectivity index (χ0n) is 22.6. The molecule has 204 valence electrons. The van der Waals surface area contributed by atoms with Crippen LogP contribution in [-0.2, 0) is 16.0 Å². The molecule has 2 aromatic rings. The molecule has 0 radical (unpaired) electrons. The van der Waals surface area contributed by atoms with Gasteiger partial charge in [-0.1, -0.05) is 99.1 Å². The van der Waals surface area contributed by atoms with Crippen LogP contribution >= 0.6 is 27.9 Å². The van der Waals surface area contributed by atoms with Gasteiger partial charge in [-0.3, -0.25) is 9.59 Å². The molecule has 0 aromatic heterocycles. The van der Waals surface area contributed by atoms with E-state index in [1.807, 2.05) is 69.3 Å². The maximum atomic E-state index is 13.5. The zero-order chi connectivity index (χ0) is 27.4. The van der Waals surface area contributed by atoms with Crippen molar-refractivity contribution in [3.05, 3.63) is 66.2 Å². The normalized spacial score (nSPS) is 14.3. The van der Waals surface area contributed by atoms with Crippen LogP contribution in [0.4, 0.5) is 0 Å². The number of carbonyl (C=O) groups excluding carboxylic acids is 2. The second kappa shape index (κ2) is 15.5. The number of halogens is 1. The molecule has 0 unspecified atom stereocenters. The average Bonchev–Trinajstić information content (AvgIpc) is 2.85. The van der Waals surface area contributed by atoms with Gasteiger partial charge in [-0.2, -0.15) is 0 Å². The van der Waals surface area contributed by atoms with E-state index in [-0.39, 0.29) is 17.1 Å². The smallest absolute Gasteiger partial charge is 0.243 e. The maximum absolute atomic E-state index is 13.5. The van der Waals surface area contributed by atoms with E-state index in [9.17, 15) is 14.7 Å². The van der Waals surface area contributed by atoms with Crippen molar-refractivity contribution >= 4 is 39.7 Å². The molecule has 0 spiro atoms. The number of nitrogens with zero attached hydrogens (tertiary/aromatic N) is 1. The van der Waals surface area contributed by atoms with Gasteiger partial charge in [0.2, 0.25) is 11.8 Å². The number of aliphatic hydroxyl groups excluding tert-OH is 1. The Hall–Kier alpha value is -1.87. The summed E-state index contributed by atoms with van der Waals surface area (Å²) in [4.78, 5) is 26.7. The molecule has 37 heavy (non-hydrogen) atoms. The van der Waals surface area contributed by atoms with Crippen molar-refractivity contribution in [3.8, 4) is 0 Å². The summed E-state index contributed by atoms with van der Waals surface area (Å²) >= 11 is 4.79. The molecule has 0 bridgehead atoms. The lowest BCUT2D eigenvalue weighted by molar-refractivity contribution is -0.131. The molecule has 3 atom stereocenters. The number of amides is 2. The maximum Gasteiger partial charge on any atom is 0.243 e. The molecule has 2 amide bonds. The molecular formula is C29H42BrN3O3S. The predicted molar refractivity (Wildman–Crippen MR) is 157 cm³/mol. The fourth-order valence-corrected chi connectivity index (χ4v) is 5.00. The predicted octanol–water partition coefficient (Wildman–Crippen LogP) is 5.06. The van der Waals surface area contributed by atoms with Crippen LogP contribution in [-0.4, -0.2) is 57.8 Å². The molecule has 3 N–H and O–H groups in total. The van der Waals surface area contributed by atoms with Crippen LogP contribution < -0.4 is 10.6 Å². The number of aliphatic hydroxyl groups is 1. The van der Waals surface area contributed by atoms with Gasteiger partial charge in [0.25, 0.3) is 0 Å². The second-order valence-corrected chi connectivity index (χ2v) is 12.6. The minimum Gasteiger partial charge on any atom is -0.390 e. The fraction of sp³-hybridized carbons (Fsp3) is 0.517. The highest BCUT2D eigenvalue weighted by Gasteiger charge is 2.35. The lowest BCUT2D eigenvalue weighted by atomic mass is 9.85. The van der Waals surface area contributed by atoms with Crippen LogP contribution in [0.1, 0.15) is 46.6 Å². The topological polar surface area (TPSA) is 81.7 Å². The summed E-state index contributed by atoms with van der Waals surface area (Å²) in [5.41, 5.74) is 0.518. The molecule has 8 heteroatoms. The molecule has 0 aliphatic heterocycles. The summed E-state index contributed by atoms with van der Waals surface area (Å²) in [6, 6.07) is 18.7. The van der Waals surface area contributed by atoms with Gasteiger partial charge >= 0.3 is 0 Å². The van der Waals surface area contributed by atoms with Gasteiger partial charge < -0.3 is 15.7 Å². The van der Waals surface area contributed by atoms with Crippen LogP contribution in [0.2, 0.25) is 0 Å². The molecule has 0 saturated carbocycles. The highest BCUT2D eigenvalue weighted by molar-refractivity contribution is 9.09. The number of carbonyl (C=O) groups is 2. The van der Waals surface area contributed by atoms with Crippen molar-refractivity contribution in [1.82, 2.24) is 14.9 Å². The first-order chi connectivity index (χ1) is 17.5. The summed E-state index contributed by atoms with van der Waals surface area (Å²) in [6.07, 6.45) is 0.651. The Morgan fingerprint density at radius 1 is 1.00 bits per heavy atom. The van der Waals surface area contributed by atoms with Gasteiger partial charge in [0, 0.05) is 18.0 Å². The van der Waals surface area contributed by atoms with Crippen molar-refractivity contribution in [3.63, 3.8) is 0 Å². The van der Waals surface area contributed by atoms with Gasteiger partial charge in [0.15, 0.2) is 0 Å². The molecule has 2 aromatic carbocycles. The lowest BCUT2D eigenvalue weighted by Gasteiger charge is -2.34. The van der Waals surface area contributed by atoms with Crippen molar-refractivity contribution in [2.24, 2.45) is 11.3 Å². The summed E-state index contributed by atoms with van der Waals surface area (Å²) < 4.78 is 2.18. The number of alkyl halides is 1. The summed E-state index contributed by atoms with van der Waals surface area (Å²) in [7, 11) is 0. The molecule has 0 fully saturated rings. The van der Waals surface area contributed by atoms with Gasteiger partial charge in [-0.25, -0.2) is 4.31 Å². The molecule has 6 nitrogen and oxygen atoms in total. The van der Waals surface area contributed by atoms with Crippen molar-refractivity contribution in [2.75, 3.05) is 18.4 Å². The summed E-state index contributed by atoms with van der Waals surface area (Å²) in [5.74, 6) is -0.0259. The Kier molecular flexibility index (Phi) is 13.1. The molecule has 0 heterocycles. The number of hydrogen-bond acceptors (Lipinski definition) is 5. The van der Waals surface area contributed by atoms with Crippen molar-refractivity contribution in [2.45, 2.75) is 70.5 Å². The number of benzene rings is 2. The summed E-state index contributed by atoms with van der Waals surface area (Å²) in [5, 5.41) is 17.5. The minimum atomic E-state index is -0.819. The number of rotatable bonds is 14. The van der Waals surface area contributed by atoms with Crippen molar-refractivity contribution < 1.29 is 14.7 Å². The standard InChI is InChI=1S/C29H42BrN3O3S/c1-21(2)16-17-33(37-23-14-10-7-11-15-23)20-25(34)24(18-22-12-8-6-9-13-22)31-28(36)27(29(3,4)5)32-26(35)19-30/h6-15,21,24-25,27,34H,16-20H2,1-5H3,(H,31,36)(H,32,35)/t24-,25+,27+/m0/s1. The third-order valence-electron chi connectivity index (χ3n) is 5.97. The average molecular weight is 593 g/mol.